The molecule has 0 aliphatic carbocycles. The average molecular weight is 415 g/mol. The molecule has 0 bridgehead atoms. The monoisotopic (exact) mass is 415 g/mol. The van der Waals surface area contributed by atoms with Gasteiger partial charge in [0, 0.05) is 18.6 Å². The van der Waals surface area contributed by atoms with Gasteiger partial charge in [0.05, 0.1) is 0 Å². The van der Waals surface area contributed by atoms with Gasteiger partial charge in [-0.25, -0.2) is 15.3 Å². The third-order valence-electron chi connectivity index (χ3n) is 2.28. The quantitative estimate of drug-likeness (QED) is 0.282. The van der Waals surface area contributed by atoms with Crippen molar-refractivity contribution in [2.45, 2.75) is 6.92 Å². The molecule has 0 atom stereocenters. The van der Waals surface area contributed by atoms with Crippen LogP contribution in [-0.4, -0.2) is 62.5 Å². The molecule has 0 N–H and O–H groups in total. The predicted molar refractivity (Wildman–Crippen MR) is 98.6 cm³/mol. The second-order valence-corrected chi connectivity index (χ2v) is 7.53. The summed E-state index contributed by atoms with van der Waals surface area (Å²) in [5.41, 5.74) is 0. The number of nitrogens with zero attached hydrogens (tertiary/aromatic N) is 6. The molecule has 0 saturated heterocycles. The van der Waals surface area contributed by atoms with Gasteiger partial charge in [-0.1, -0.05) is 0 Å². The summed E-state index contributed by atoms with van der Waals surface area (Å²) in [6, 6.07) is 5.62. The molecule has 0 aliphatic heterocycles. The number of rotatable bonds is 3. The van der Waals surface area contributed by atoms with Crippen LogP contribution in [-0.2, 0) is 26.5 Å². The molecule has 0 fully saturated rings. The Labute approximate surface area is 166 Å². The van der Waals surface area contributed by atoms with E-state index in [4.69, 9.17) is 9.45 Å². The molecule has 0 aliphatic rings. The molecular weight excluding hydrogens is 394 g/mol. The van der Waals surface area contributed by atoms with Gasteiger partial charge in [-0.05, 0) is 56.8 Å². The second kappa shape index (κ2) is 16.5. The Morgan fingerprint density at radius 2 is 1.12 bits per heavy atom. The van der Waals surface area contributed by atoms with E-state index in [1.54, 1.807) is 32.4 Å². The summed E-state index contributed by atoms with van der Waals surface area (Å²) in [5, 5.41) is 12.7. The Balaban J connectivity index is 0. The third-order valence-corrected chi connectivity index (χ3v) is 2.28. The molecule has 3 rings (SSSR count). The molecule has 0 amide bonds. The molecule has 1 radical (unpaired) electrons. The van der Waals surface area contributed by atoms with Gasteiger partial charge >= 0.3 is 28.4 Å². The first kappa shape index (κ1) is 26.3. The van der Waals surface area contributed by atoms with Crippen molar-refractivity contribution in [3.8, 4) is 0 Å². The Hall–Kier alpha value is -1.95. The summed E-state index contributed by atoms with van der Waals surface area (Å²) in [7, 11) is 0.185. The minimum absolute atomic E-state index is 0. The van der Waals surface area contributed by atoms with Crippen LogP contribution < -0.4 is 0 Å². The number of hydrogen-bond donors (Lipinski definition) is 0. The predicted octanol–water partition coefficient (Wildman–Crippen LogP) is 1.64. The first-order valence-corrected chi connectivity index (χ1v) is 9.86. The second-order valence-electron chi connectivity index (χ2n) is 4.85. The SMILES string of the molecule is CP(C)C.C[C-]=O.[C-]#[O+].[Fe+2].c1cnn([B-](n2cccn2)n2cccn2)c1. The van der Waals surface area contributed by atoms with Crippen molar-refractivity contribution >= 4 is 21.3 Å². The number of hydrogen-bond acceptors (Lipinski definition) is 4. The summed E-state index contributed by atoms with van der Waals surface area (Å²) in [4.78, 5) is 8.68. The van der Waals surface area contributed by atoms with Crippen LogP contribution in [0.1, 0.15) is 6.92 Å². The average Bonchev–Trinajstić information content (AvgIpc) is 3.35. The summed E-state index contributed by atoms with van der Waals surface area (Å²) in [6.45, 7) is 12.5. The van der Waals surface area contributed by atoms with Gasteiger partial charge in [0.25, 0.3) is 7.12 Å². The Bertz CT molecular complexity index is 590. The Morgan fingerprint density at radius 1 is 0.885 bits per heavy atom. The van der Waals surface area contributed by atoms with Crippen LogP contribution in [0.15, 0.2) is 55.4 Å². The normalized spacial score (nSPS) is 8.77. The summed E-state index contributed by atoms with van der Waals surface area (Å²) in [6.07, 6.45) is 12.4. The van der Waals surface area contributed by atoms with Crippen LogP contribution >= 0.6 is 7.92 Å². The van der Waals surface area contributed by atoms with Gasteiger partial charge in [-0.2, -0.15) is 6.92 Å². The standard InChI is InChI=1S/C9H9BN6.C3H9P.C2H3O.CO.Fe/c1-4-11-14(7-1)10(15-8-2-5-12-15)16-9-3-6-13-16;1-4(2)3;1-2-3;1-2;/h1-9H;1-3H3;1H3;;/q-1;;-1;;+2. The molecule has 0 unspecified atom stereocenters. The van der Waals surface area contributed by atoms with Crippen LogP contribution in [0.5, 0.6) is 0 Å². The first-order valence-electron chi connectivity index (χ1n) is 7.17. The van der Waals surface area contributed by atoms with Crippen molar-refractivity contribution in [3.05, 3.63) is 62.0 Å². The molecule has 8 nitrogen and oxygen atoms in total. The molecule has 0 spiro atoms. The van der Waals surface area contributed by atoms with Gasteiger partial charge in [0.2, 0.25) is 0 Å². The summed E-state index contributed by atoms with van der Waals surface area (Å²) in [5.74, 6) is 0. The largest absolute Gasteiger partial charge is 2.00 e. The van der Waals surface area contributed by atoms with Crippen molar-refractivity contribution < 1.29 is 26.5 Å². The summed E-state index contributed by atoms with van der Waals surface area (Å²) < 4.78 is 12.9. The van der Waals surface area contributed by atoms with Crippen LogP contribution in [0.25, 0.3) is 0 Å². The molecule has 0 saturated carbocycles. The van der Waals surface area contributed by atoms with E-state index in [-0.39, 0.29) is 24.2 Å². The Morgan fingerprint density at radius 3 is 1.27 bits per heavy atom. The molecule has 11 heteroatoms. The molecular formula is C15H21BFeN6O2P. The number of carbonyl (C=O) groups excluding carboxylic acids is 1. The van der Waals surface area contributed by atoms with Crippen molar-refractivity contribution in [2.24, 2.45) is 0 Å². The Kier molecular flexibility index (Phi) is 16.7. The maximum absolute atomic E-state index is 8.68. The van der Waals surface area contributed by atoms with Gasteiger partial charge < -0.3 is 18.6 Å². The van der Waals surface area contributed by atoms with E-state index in [9.17, 15) is 0 Å². The van der Waals surface area contributed by atoms with Crippen LogP contribution in [0.3, 0.4) is 0 Å². The minimum Gasteiger partial charge on any atom is -0.425 e. The van der Waals surface area contributed by atoms with Crippen molar-refractivity contribution in [1.82, 2.24) is 29.1 Å². The number of aromatic nitrogens is 6. The molecule has 3 aromatic rings. The van der Waals surface area contributed by atoms with Gasteiger partial charge in [-0.3, -0.25) is 6.29 Å². The zero-order valence-corrected chi connectivity index (χ0v) is 17.1. The fourth-order valence-electron chi connectivity index (χ4n) is 1.62. The molecule has 26 heavy (non-hydrogen) atoms. The van der Waals surface area contributed by atoms with Gasteiger partial charge in [0.1, 0.15) is 0 Å². The molecule has 3 heterocycles. The van der Waals surface area contributed by atoms with Gasteiger partial charge in [0.15, 0.2) is 0 Å². The first-order chi connectivity index (χ1) is 12.1. The van der Waals surface area contributed by atoms with Gasteiger partial charge in [-0.15, -0.1) is 7.92 Å². The molecule has 0 aromatic carbocycles. The van der Waals surface area contributed by atoms with E-state index in [0.29, 0.717) is 7.92 Å². The van der Waals surface area contributed by atoms with E-state index < -0.39 is 0 Å². The fourth-order valence-corrected chi connectivity index (χ4v) is 1.62. The molecule has 3 aromatic heterocycles. The van der Waals surface area contributed by atoms with Crippen molar-refractivity contribution in [2.75, 3.05) is 20.0 Å². The minimum atomic E-state index is -0.194. The van der Waals surface area contributed by atoms with Crippen molar-refractivity contribution in [1.29, 1.82) is 0 Å². The van der Waals surface area contributed by atoms with E-state index in [2.05, 4.69) is 41.9 Å². The zero-order valence-electron chi connectivity index (χ0n) is 15.1. The van der Waals surface area contributed by atoms with Crippen LogP contribution in [0.2, 0.25) is 0 Å². The smallest absolute Gasteiger partial charge is 0.425 e. The van der Waals surface area contributed by atoms with E-state index in [1.165, 1.54) is 13.2 Å². The van der Waals surface area contributed by atoms with E-state index in [0.717, 1.165) is 0 Å². The molecule has 139 valence electrons. The van der Waals surface area contributed by atoms with Crippen LogP contribution in [0.4, 0.5) is 0 Å². The summed E-state index contributed by atoms with van der Waals surface area (Å²) >= 11 is 0. The van der Waals surface area contributed by atoms with E-state index in [1.807, 2.05) is 36.8 Å². The van der Waals surface area contributed by atoms with Crippen LogP contribution in [0, 0.1) is 6.65 Å². The van der Waals surface area contributed by atoms with E-state index >= 15 is 0 Å². The zero-order chi connectivity index (χ0) is 19.1. The maximum atomic E-state index is 8.68. The third kappa shape index (κ3) is 10.1. The topological polar surface area (TPSA) is 90.4 Å². The fraction of sp³-hybridized carbons (Fsp3) is 0.267. The maximum Gasteiger partial charge on any atom is 2.00 e. The van der Waals surface area contributed by atoms with Crippen molar-refractivity contribution in [3.63, 3.8) is 0 Å².